The molecule has 0 amide bonds. The van der Waals surface area contributed by atoms with Crippen LogP contribution in [0.4, 0.5) is 4.39 Å². The number of ether oxygens (including phenoxy) is 2. The third kappa shape index (κ3) is 4.50. The highest BCUT2D eigenvalue weighted by atomic mass is 32.2. The Hall–Kier alpha value is -3.03. The first-order valence-corrected chi connectivity index (χ1v) is 13.4. The van der Waals surface area contributed by atoms with E-state index in [1.54, 1.807) is 18.3 Å². The van der Waals surface area contributed by atoms with E-state index in [2.05, 4.69) is 15.5 Å². The fourth-order valence-corrected chi connectivity index (χ4v) is 6.38. The molecule has 0 bridgehead atoms. The molecule has 1 aliphatic heterocycles. The number of pyridine rings is 1. The van der Waals surface area contributed by atoms with Crippen molar-refractivity contribution in [1.82, 2.24) is 4.98 Å². The summed E-state index contributed by atoms with van der Waals surface area (Å²) in [6, 6.07) is 9.47. The van der Waals surface area contributed by atoms with Crippen molar-refractivity contribution in [2.24, 2.45) is 4.40 Å². The molecular weight excluding hydrogens is 477 g/mol. The molecule has 0 unspecified atom stereocenters. The summed E-state index contributed by atoms with van der Waals surface area (Å²) < 4.78 is 53.7. The van der Waals surface area contributed by atoms with E-state index in [1.807, 2.05) is 19.1 Å². The minimum Gasteiger partial charge on any atom is -0.486 e. The molecule has 2 aliphatic rings. The highest BCUT2D eigenvalue weighted by Gasteiger charge is 2.30. The number of alkyl halides is 1. The number of sulfonamides is 1. The van der Waals surface area contributed by atoms with E-state index in [-0.39, 0.29) is 24.7 Å². The van der Waals surface area contributed by atoms with E-state index >= 15 is 0 Å². The largest absolute Gasteiger partial charge is 0.486 e. The van der Waals surface area contributed by atoms with Crippen LogP contribution in [0.3, 0.4) is 0 Å². The van der Waals surface area contributed by atoms with E-state index in [0.717, 1.165) is 38.2 Å². The summed E-state index contributed by atoms with van der Waals surface area (Å²) in [6.45, 7) is 2.05. The highest BCUT2D eigenvalue weighted by Crippen LogP contribution is 2.42. The van der Waals surface area contributed by atoms with Gasteiger partial charge in [0, 0.05) is 28.6 Å². The number of aryl methyl sites for hydroxylation is 1. The molecule has 10 heteroatoms. The van der Waals surface area contributed by atoms with Crippen LogP contribution in [0.25, 0.3) is 21.3 Å². The third-order valence-corrected chi connectivity index (χ3v) is 8.33. The standard InChI is InChI=1S/C24H22FN3O4S2/c1-14-9-15(12-26)10-18(23(14)32-21-4-2-3-19(21)25)17-5-7-27-20-11-16(33-24(17)20)13-31-22-6-8-34(29,30)28-22/h5,7,9-11,19,21H,2-4,6,8,13H2,1H3/t19-,21+/m0/s1. The normalized spacial score (nSPS) is 21.4. The molecule has 5 rings (SSSR count). The van der Waals surface area contributed by atoms with Gasteiger partial charge in [0.25, 0.3) is 10.0 Å². The van der Waals surface area contributed by atoms with Gasteiger partial charge >= 0.3 is 0 Å². The van der Waals surface area contributed by atoms with Gasteiger partial charge in [0.05, 0.1) is 27.6 Å². The van der Waals surface area contributed by atoms with Crippen molar-refractivity contribution in [1.29, 1.82) is 5.26 Å². The molecule has 1 aromatic carbocycles. The monoisotopic (exact) mass is 499 g/mol. The molecule has 176 valence electrons. The molecule has 1 saturated carbocycles. The zero-order valence-corrected chi connectivity index (χ0v) is 20.1. The minimum atomic E-state index is -3.41. The summed E-state index contributed by atoms with van der Waals surface area (Å²) in [5.74, 6) is 0.771. The van der Waals surface area contributed by atoms with E-state index in [0.29, 0.717) is 24.2 Å². The van der Waals surface area contributed by atoms with Gasteiger partial charge in [0.1, 0.15) is 24.6 Å². The molecule has 3 heterocycles. The number of hydrogen-bond donors (Lipinski definition) is 0. The predicted octanol–water partition coefficient (Wildman–Crippen LogP) is 5.06. The number of thiophene rings is 1. The van der Waals surface area contributed by atoms with Crippen LogP contribution in [0.5, 0.6) is 5.75 Å². The van der Waals surface area contributed by atoms with Gasteiger partial charge in [-0.15, -0.1) is 15.7 Å². The average molecular weight is 500 g/mol. The Kier molecular flexibility index (Phi) is 6.00. The molecule has 1 aliphatic carbocycles. The summed E-state index contributed by atoms with van der Waals surface area (Å²) in [5, 5.41) is 9.55. The minimum absolute atomic E-state index is 0.0292. The number of hydrogen-bond acceptors (Lipinski definition) is 7. The fourth-order valence-electron chi connectivity index (χ4n) is 4.35. The summed E-state index contributed by atoms with van der Waals surface area (Å²) >= 11 is 1.47. The maximum absolute atomic E-state index is 14.4. The Morgan fingerprint density at radius 3 is 2.82 bits per heavy atom. The molecule has 0 spiro atoms. The van der Waals surface area contributed by atoms with Gasteiger partial charge in [0.15, 0.2) is 0 Å². The van der Waals surface area contributed by atoms with Crippen LogP contribution in [0.1, 0.15) is 41.7 Å². The van der Waals surface area contributed by atoms with Crippen molar-refractivity contribution < 1.29 is 22.3 Å². The van der Waals surface area contributed by atoms with Gasteiger partial charge in [-0.1, -0.05) is 0 Å². The lowest BCUT2D eigenvalue weighted by atomic mass is 9.99. The Labute approximate surface area is 200 Å². The second-order valence-electron chi connectivity index (χ2n) is 8.48. The second kappa shape index (κ2) is 8.96. The summed E-state index contributed by atoms with van der Waals surface area (Å²) in [4.78, 5) is 5.32. The lowest BCUT2D eigenvalue weighted by molar-refractivity contribution is 0.125. The molecule has 0 saturated heterocycles. The maximum atomic E-state index is 14.4. The van der Waals surface area contributed by atoms with Crippen molar-refractivity contribution in [3.8, 4) is 22.9 Å². The average Bonchev–Trinajstić information content (AvgIpc) is 3.51. The number of nitrogens with zero attached hydrogens (tertiary/aromatic N) is 3. The topological polar surface area (TPSA) is 102 Å². The Morgan fingerprint density at radius 1 is 1.26 bits per heavy atom. The quantitative estimate of drug-likeness (QED) is 0.486. The van der Waals surface area contributed by atoms with E-state index in [1.165, 1.54) is 11.3 Å². The SMILES string of the molecule is Cc1cc(C#N)cc(-c2ccnc3cc(COC4=NS(=O)(=O)CC4)sc23)c1O[C@@H]1CCC[C@@H]1F. The number of benzene rings is 1. The van der Waals surface area contributed by atoms with Gasteiger partial charge in [0.2, 0.25) is 5.90 Å². The van der Waals surface area contributed by atoms with Gasteiger partial charge in [-0.3, -0.25) is 4.98 Å². The first-order valence-electron chi connectivity index (χ1n) is 11.0. The number of halogens is 1. The van der Waals surface area contributed by atoms with Gasteiger partial charge in [-0.2, -0.15) is 5.26 Å². The zero-order chi connectivity index (χ0) is 23.9. The Bertz CT molecular complexity index is 1440. The van der Waals surface area contributed by atoms with Crippen LogP contribution in [0, 0.1) is 18.3 Å². The Morgan fingerprint density at radius 2 is 2.12 bits per heavy atom. The molecule has 1 fully saturated rings. The first kappa shape index (κ1) is 22.7. The highest BCUT2D eigenvalue weighted by molar-refractivity contribution is 7.90. The molecule has 7 nitrogen and oxygen atoms in total. The zero-order valence-electron chi connectivity index (χ0n) is 18.5. The molecule has 34 heavy (non-hydrogen) atoms. The van der Waals surface area contributed by atoms with Crippen LogP contribution < -0.4 is 4.74 Å². The lowest BCUT2D eigenvalue weighted by Crippen LogP contribution is -2.23. The molecule has 3 aromatic rings. The fraction of sp³-hybridized carbons (Fsp3) is 0.375. The maximum Gasteiger partial charge on any atom is 0.256 e. The lowest BCUT2D eigenvalue weighted by Gasteiger charge is -2.21. The van der Waals surface area contributed by atoms with Crippen LogP contribution in [-0.4, -0.2) is 37.3 Å². The van der Waals surface area contributed by atoms with E-state index < -0.39 is 22.3 Å². The number of fused-ring (bicyclic) bond motifs is 1. The van der Waals surface area contributed by atoms with Crippen LogP contribution in [-0.2, 0) is 21.4 Å². The number of aromatic nitrogens is 1. The van der Waals surface area contributed by atoms with Gasteiger partial charge in [-0.25, -0.2) is 12.8 Å². The van der Waals surface area contributed by atoms with E-state index in [9.17, 15) is 18.1 Å². The van der Waals surface area contributed by atoms with Crippen LogP contribution >= 0.6 is 11.3 Å². The van der Waals surface area contributed by atoms with Crippen LogP contribution in [0.15, 0.2) is 34.9 Å². The predicted molar refractivity (Wildman–Crippen MR) is 128 cm³/mol. The van der Waals surface area contributed by atoms with Gasteiger partial charge in [-0.05, 0) is 56.0 Å². The van der Waals surface area contributed by atoms with E-state index in [4.69, 9.17) is 9.47 Å². The molecule has 2 aromatic heterocycles. The van der Waals surface area contributed by atoms with Crippen molar-refractivity contribution in [2.75, 3.05) is 5.75 Å². The Balaban J connectivity index is 1.52. The summed E-state index contributed by atoms with van der Waals surface area (Å²) in [5.41, 5.74) is 3.58. The first-order chi connectivity index (χ1) is 16.3. The number of rotatable bonds is 5. The van der Waals surface area contributed by atoms with Crippen molar-refractivity contribution in [2.45, 2.75) is 51.5 Å². The molecule has 0 N–H and O–H groups in total. The van der Waals surface area contributed by atoms with Crippen LogP contribution in [0.2, 0.25) is 0 Å². The van der Waals surface area contributed by atoms with Crippen molar-refractivity contribution >= 4 is 37.5 Å². The summed E-state index contributed by atoms with van der Waals surface area (Å²) in [7, 11) is -3.41. The van der Waals surface area contributed by atoms with Crippen molar-refractivity contribution in [3.63, 3.8) is 0 Å². The number of nitriles is 1. The smallest absolute Gasteiger partial charge is 0.256 e. The third-order valence-electron chi connectivity index (χ3n) is 5.99. The summed E-state index contributed by atoms with van der Waals surface area (Å²) in [6.07, 6.45) is 2.40. The second-order valence-corrected chi connectivity index (χ2v) is 11.4. The van der Waals surface area contributed by atoms with Crippen molar-refractivity contribution in [3.05, 3.63) is 46.5 Å². The molecule has 2 atom stereocenters. The molecular formula is C24H22FN3O4S2. The van der Waals surface area contributed by atoms with Gasteiger partial charge < -0.3 is 9.47 Å². The molecule has 0 radical (unpaired) electrons.